The predicted octanol–water partition coefficient (Wildman–Crippen LogP) is 3.78. The van der Waals surface area contributed by atoms with Crippen LogP contribution in [0, 0.1) is 12.9 Å². The molecule has 0 aliphatic heterocycles. The SMILES string of the molecule is CCOc1ncnc2[nH]cc(Cc3ccc(Cc4ccc(C)nc4)nc3F)c12. The number of hydrogen-bond acceptors (Lipinski definition) is 5. The smallest absolute Gasteiger partial charge is 0.226 e. The van der Waals surface area contributed by atoms with Gasteiger partial charge in [-0.15, -0.1) is 0 Å². The van der Waals surface area contributed by atoms with Gasteiger partial charge in [0.2, 0.25) is 11.8 Å². The van der Waals surface area contributed by atoms with Crippen molar-refractivity contribution in [3.05, 3.63) is 77.0 Å². The summed E-state index contributed by atoms with van der Waals surface area (Å²) in [5.74, 6) is 0.0299. The zero-order valence-corrected chi connectivity index (χ0v) is 15.7. The standard InChI is InChI=1S/C21H20FN5O/c1-3-28-21-18-16(11-24-20(18)25-12-26-21)9-15-6-7-17(27-19(15)22)8-14-5-4-13(2)23-10-14/h4-7,10-12H,3,8-9H2,1-2H3,(H,24,25,26). The van der Waals surface area contributed by atoms with E-state index in [-0.39, 0.29) is 0 Å². The summed E-state index contributed by atoms with van der Waals surface area (Å²) in [7, 11) is 0. The number of aromatic amines is 1. The van der Waals surface area contributed by atoms with Gasteiger partial charge in [-0.1, -0.05) is 12.1 Å². The van der Waals surface area contributed by atoms with E-state index in [2.05, 4.69) is 24.9 Å². The first-order valence-electron chi connectivity index (χ1n) is 9.13. The Morgan fingerprint density at radius 3 is 2.68 bits per heavy atom. The van der Waals surface area contributed by atoms with Crippen LogP contribution in [0.25, 0.3) is 11.0 Å². The van der Waals surface area contributed by atoms with Gasteiger partial charge < -0.3 is 9.72 Å². The Hall–Kier alpha value is -3.35. The molecule has 0 bridgehead atoms. The number of pyridine rings is 2. The van der Waals surface area contributed by atoms with Crippen molar-refractivity contribution in [1.82, 2.24) is 24.9 Å². The number of ether oxygens (including phenoxy) is 1. The summed E-state index contributed by atoms with van der Waals surface area (Å²) in [6.45, 7) is 4.32. The van der Waals surface area contributed by atoms with E-state index >= 15 is 0 Å². The third-order valence-corrected chi connectivity index (χ3v) is 4.52. The maximum absolute atomic E-state index is 14.7. The summed E-state index contributed by atoms with van der Waals surface area (Å²) in [5.41, 5.74) is 4.68. The monoisotopic (exact) mass is 377 g/mol. The van der Waals surface area contributed by atoms with Crippen molar-refractivity contribution >= 4 is 11.0 Å². The van der Waals surface area contributed by atoms with E-state index in [9.17, 15) is 4.39 Å². The van der Waals surface area contributed by atoms with Crippen LogP contribution in [0.15, 0.2) is 43.0 Å². The number of rotatable bonds is 6. The van der Waals surface area contributed by atoms with Crippen LogP contribution < -0.4 is 4.74 Å². The Kier molecular flexibility index (Phi) is 4.97. The normalized spacial score (nSPS) is 11.1. The molecule has 0 atom stereocenters. The molecule has 6 nitrogen and oxygen atoms in total. The minimum absolute atomic E-state index is 0.374. The molecule has 0 saturated heterocycles. The third kappa shape index (κ3) is 3.69. The second-order valence-corrected chi connectivity index (χ2v) is 6.56. The van der Waals surface area contributed by atoms with Crippen molar-refractivity contribution in [2.45, 2.75) is 26.7 Å². The molecule has 0 amide bonds. The van der Waals surface area contributed by atoms with E-state index in [1.165, 1.54) is 6.33 Å². The molecule has 4 rings (SSSR count). The molecule has 1 N–H and O–H groups in total. The highest BCUT2D eigenvalue weighted by atomic mass is 19.1. The summed E-state index contributed by atoms with van der Waals surface area (Å²) in [6, 6.07) is 7.56. The maximum Gasteiger partial charge on any atom is 0.226 e. The molecular formula is C21H20FN5O. The van der Waals surface area contributed by atoms with Crippen LogP contribution in [0.5, 0.6) is 5.88 Å². The molecule has 0 unspecified atom stereocenters. The fourth-order valence-electron chi connectivity index (χ4n) is 3.13. The van der Waals surface area contributed by atoms with E-state index in [0.717, 1.165) is 22.2 Å². The molecule has 28 heavy (non-hydrogen) atoms. The molecule has 0 saturated carbocycles. The number of hydrogen-bond donors (Lipinski definition) is 1. The van der Waals surface area contributed by atoms with Crippen LogP contribution >= 0.6 is 0 Å². The van der Waals surface area contributed by atoms with Gasteiger partial charge in [-0.25, -0.2) is 15.0 Å². The van der Waals surface area contributed by atoms with Crippen molar-refractivity contribution in [2.24, 2.45) is 0 Å². The van der Waals surface area contributed by atoms with E-state index in [0.29, 0.717) is 42.2 Å². The minimum atomic E-state index is -0.471. The number of fused-ring (bicyclic) bond motifs is 1. The topological polar surface area (TPSA) is 76.6 Å². The predicted molar refractivity (Wildman–Crippen MR) is 104 cm³/mol. The quantitative estimate of drug-likeness (QED) is 0.518. The maximum atomic E-state index is 14.7. The highest BCUT2D eigenvalue weighted by molar-refractivity contribution is 5.85. The van der Waals surface area contributed by atoms with Crippen LogP contribution in [0.1, 0.15) is 35.0 Å². The minimum Gasteiger partial charge on any atom is -0.477 e. The Morgan fingerprint density at radius 2 is 1.93 bits per heavy atom. The van der Waals surface area contributed by atoms with Crippen molar-refractivity contribution in [2.75, 3.05) is 6.61 Å². The van der Waals surface area contributed by atoms with Gasteiger partial charge in [0.15, 0.2) is 0 Å². The first-order chi connectivity index (χ1) is 13.6. The molecule has 0 radical (unpaired) electrons. The summed E-state index contributed by atoms with van der Waals surface area (Å²) in [5, 5.41) is 0.776. The van der Waals surface area contributed by atoms with Gasteiger partial charge in [-0.2, -0.15) is 4.39 Å². The molecule has 4 aromatic rings. The van der Waals surface area contributed by atoms with Crippen LogP contribution in [-0.4, -0.2) is 31.5 Å². The summed E-state index contributed by atoms with van der Waals surface area (Å²) in [4.78, 5) is 19.9. The Morgan fingerprint density at radius 1 is 1.04 bits per heavy atom. The number of nitrogens with zero attached hydrogens (tertiary/aromatic N) is 4. The highest BCUT2D eigenvalue weighted by Crippen LogP contribution is 2.27. The number of nitrogens with one attached hydrogen (secondary N) is 1. The molecule has 142 valence electrons. The zero-order chi connectivity index (χ0) is 19.5. The summed E-state index contributed by atoms with van der Waals surface area (Å²) in [6.07, 6.45) is 5.97. The largest absolute Gasteiger partial charge is 0.477 e. The van der Waals surface area contributed by atoms with Crippen molar-refractivity contribution in [3.63, 3.8) is 0 Å². The molecule has 4 aromatic heterocycles. The lowest BCUT2D eigenvalue weighted by molar-refractivity contribution is 0.330. The second kappa shape index (κ2) is 7.72. The third-order valence-electron chi connectivity index (χ3n) is 4.52. The van der Waals surface area contributed by atoms with Gasteiger partial charge in [0.1, 0.15) is 12.0 Å². The lowest BCUT2D eigenvalue weighted by Crippen LogP contribution is -2.01. The Bertz CT molecular complexity index is 1110. The van der Waals surface area contributed by atoms with Crippen LogP contribution in [-0.2, 0) is 12.8 Å². The number of aryl methyl sites for hydroxylation is 1. The molecule has 0 aliphatic rings. The molecule has 0 spiro atoms. The van der Waals surface area contributed by atoms with Crippen molar-refractivity contribution in [1.29, 1.82) is 0 Å². The zero-order valence-electron chi connectivity index (χ0n) is 15.7. The van der Waals surface area contributed by atoms with Crippen LogP contribution in [0.4, 0.5) is 4.39 Å². The summed E-state index contributed by atoms with van der Waals surface area (Å²) < 4.78 is 20.3. The molecule has 4 heterocycles. The van der Waals surface area contributed by atoms with Gasteiger partial charge in [0.05, 0.1) is 12.0 Å². The first kappa shape index (κ1) is 18.0. The number of halogens is 1. The molecule has 0 aliphatic carbocycles. The van der Waals surface area contributed by atoms with E-state index in [4.69, 9.17) is 4.74 Å². The van der Waals surface area contributed by atoms with Gasteiger partial charge in [-0.3, -0.25) is 4.98 Å². The Labute approximate surface area is 161 Å². The average Bonchev–Trinajstić information content (AvgIpc) is 3.10. The van der Waals surface area contributed by atoms with Crippen LogP contribution in [0.3, 0.4) is 0 Å². The van der Waals surface area contributed by atoms with Gasteiger partial charge >= 0.3 is 0 Å². The van der Waals surface area contributed by atoms with Crippen LogP contribution in [0.2, 0.25) is 0 Å². The lowest BCUT2D eigenvalue weighted by Gasteiger charge is -2.07. The van der Waals surface area contributed by atoms with Gasteiger partial charge in [-0.05, 0) is 37.1 Å². The molecular weight excluding hydrogens is 357 g/mol. The van der Waals surface area contributed by atoms with E-state index in [1.54, 1.807) is 12.3 Å². The van der Waals surface area contributed by atoms with E-state index in [1.807, 2.05) is 38.2 Å². The molecule has 0 fully saturated rings. The second-order valence-electron chi connectivity index (χ2n) is 6.56. The molecule has 7 heteroatoms. The molecule has 0 aromatic carbocycles. The van der Waals surface area contributed by atoms with Crippen molar-refractivity contribution < 1.29 is 9.13 Å². The van der Waals surface area contributed by atoms with E-state index < -0.39 is 5.95 Å². The lowest BCUT2D eigenvalue weighted by atomic mass is 10.1. The van der Waals surface area contributed by atoms with Gasteiger partial charge in [0, 0.05) is 42.2 Å². The first-order valence-corrected chi connectivity index (χ1v) is 9.13. The average molecular weight is 377 g/mol. The number of H-pyrrole nitrogens is 1. The number of aromatic nitrogens is 5. The fourth-order valence-corrected chi connectivity index (χ4v) is 3.13. The Balaban J connectivity index is 1.59. The fraction of sp³-hybridized carbons (Fsp3) is 0.238. The summed E-state index contributed by atoms with van der Waals surface area (Å²) >= 11 is 0. The van der Waals surface area contributed by atoms with Crippen molar-refractivity contribution in [3.8, 4) is 5.88 Å². The van der Waals surface area contributed by atoms with Gasteiger partial charge in [0.25, 0.3) is 0 Å². The highest BCUT2D eigenvalue weighted by Gasteiger charge is 2.15.